The molecule has 1 aliphatic rings. The molecule has 1 N–H and O–H groups in total. The maximum absolute atomic E-state index is 12.9. The van der Waals surface area contributed by atoms with Crippen LogP contribution < -0.4 is 5.32 Å². The lowest BCUT2D eigenvalue weighted by atomic mass is 10.1. The van der Waals surface area contributed by atoms with Gasteiger partial charge in [0.2, 0.25) is 5.91 Å². The molecule has 1 aromatic carbocycles. The number of likely N-dealkylation sites (N-methyl/N-ethyl adjacent to an activating group) is 1. The molecule has 0 saturated heterocycles. The third-order valence-electron chi connectivity index (χ3n) is 4.13. The predicted molar refractivity (Wildman–Crippen MR) is 77.8 cm³/mol. The van der Waals surface area contributed by atoms with Crippen LogP contribution in [0.1, 0.15) is 44.2 Å². The second kappa shape index (κ2) is 6.84. The number of benzene rings is 1. The Kier molecular flexibility index (Phi) is 5.12. The lowest BCUT2D eigenvalue weighted by Gasteiger charge is -2.25. The number of carbonyl (C=O) groups is 1. The molecule has 1 fully saturated rings. The molecule has 110 valence electrons. The van der Waals surface area contributed by atoms with Crippen molar-refractivity contribution in [2.75, 3.05) is 13.6 Å². The minimum Gasteiger partial charge on any atom is -0.352 e. The van der Waals surface area contributed by atoms with E-state index in [1.165, 1.54) is 25.0 Å². The molecule has 1 unspecified atom stereocenters. The van der Waals surface area contributed by atoms with Crippen molar-refractivity contribution in [2.24, 2.45) is 0 Å². The topological polar surface area (TPSA) is 32.3 Å². The van der Waals surface area contributed by atoms with Gasteiger partial charge in [0.15, 0.2) is 0 Å². The number of rotatable bonds is 5. The predicted octanol–water partition coefficient (Wildman–Crippen LogP) is 2.88. The Morgan fingerprint density at radius 1 is 1.35 bits per heavy atom. The fourth-order valence-corrected chi connectivity index (χ4v) is 2.70. The van der Waals surface area contributed by atoms with Crippen molar-refractivity contribution >= 4 is 5.91 Å². The number of carbonyl (C=O) groups excluding carboxylic acids is 1. The molecule has 3 nitrogen and oxygen atoms in total. The highest BCUT2D eigenvalue weighted by Crippen LogP contribution is 2.20. The molecule has 20 heavy (non-hydrogen) atoms. The van der Waals surface area contributed by atoms with Gasteiger partial charge in [0.05, 0.1) is 6.54 Å². The summed E-state index contributed by atoms with van der Waals surface area (Å²) in [5, 5.41) is 3.08. The molecule has 1 saturated carbocycles. The van der Waals surface area contributed by atoms with E-state index in [1.807, 2.05) is 18.9 Å². The van der Waals surface area contributed by atoms with Crippen LogP contribution in [0.2, 0.25) is 0 Å². The highest BCUT2D eigenvalue weighted by Gasteiger charge is 2.19. The van der Waals surface area contributed by atoms with E-state index in [-0.39, 0.29) is 17.8 Å². The fourth-order valence-electron chi connectivity index (χ4n) is 2.70. The summed E-state index contributed by atoms with van der Waals surface area (Å²) >= 11 is 0. The number of hydrogen-bond acceptors (Lipinski definition) is 2. The molecule has 4 heteroatoms. The second-order valence-electron chi connectivity index (χ2n) is 5.69. The van der Waals surface area contributed by atoms with Crippen molar-refractivity contribution in [3.05, 3.63) is 35.6 Å². The summed E-state index contributed by atoms with van der Waals surface area (Å²) in [5.74, 6) is -0.157. The molecule has 1 amide bonds. The van der Waals surface area contributed by atoms with E-state index >= 15 is 0 Å². The Morgan fingerprint density at radius 3 is 2.55 bits per heavy atom. The third kappa shape index (κ3) is 4.04. The van der Waals surface area contributed by atoms with Crippen LogP contribution in [-0.4, -0.2) is 30.4 Å². The monoisotopic (exact) mass is 278 g/mol. The average molecular weight is 278 g/mol. The maximum atomic E-state index is 12.9. The zero-order chi connectivity index (χ0) is 14.5. The molecule has 0 heterocycles. The van der Waals surface area contributed by atoms with E-state index in [0.717, 1.165) is 18.4 Å². The van der Waals surface area contributed by atoms with Crippen LogP contribution in [0.4, 0.5) is 4.39 Å². The van der Waals surface area contributed by atoms with Crippen molar-refractivity contribution in [3.63, 3.8) is 0 Å². The van der Waals surface area contributed by atoms with Crippen LogP contribution >= 0.6 is 0 Å². The van der Waals surface area contributed by atoms with Gasteiger partial charge >= 0.3 is 0 Å². The number of amides is 1. The Balaban J connectivity index is 1.85. The highest BCUT2D eigenvalue weighted by molar-refractivity contribution is 5.78. The van der Waals surface area contributed by atoms with Gasteiger partial charge in [0.25, 0.3) is 0 Å². The molecule has 0 bridgehead atoms. The third-order valence-corrected chi connectivity index (χ3v) is 4.13. The van der Waals surface area contributed by atoms with Crippen LogP contribution in [0.3, 0.4) is 0 Å². The minimum atomic E-state index is -0.234. The van der Waals surface area contributed by atoms with Crippen LogP contribution in [0, 0.1) is 5.82 Å². The number of hydrogen-bond donors (Lipinski definition) is 1. The molecular formula is C16H23FN2O. The van der Waals surface area contributed by atoms with E-state index in [9.17, 15) is 9.18 Å². The van der Waals surface area contributed by atoms with Gasteiger partial charge in [-0.15, -0.1) is 0 Å². The van der Waals surface area contributed by atoms with E-state index in [4.69, 9.17) is 0 Å². The smallest absolute Gasteiger partial charge is 0.234 e. The maximum Gasteiger partial charge on any atom is 0.234 e. The number of nitrogens with zero attached hydrogens (tertiary/aromatic N) is 1. The molecule has 0 aliphatic heterocycles. The molecule has 1 aliphatic carbocycles. The normalized spacial score (nSPS) is 17.4. The molecule has 2 rings (SSSR count). The molecule has 0 radical (unpaired) electrons. The van der Waals surface area contributed by atoms with Crippen molar-refractivity contribution < 1.29 is 9.18 Å². The lowest BCUT2D eigenvalue weighted by molar-refractivity contribution is -0.123. The Bertz CT molecular complexity index is 440. The van der Waals surface area contributed by atoms with Crippen molar-refractivity contribution in [3.8, 4) is 0 Å². The van der Waals surface area contributed by atoms with E-state index in [1.54, 1.807) is 12.1 Å². The summed E-state index contributed by atoms with van der Waals surface area (Å²) in [6.07, 6.45) is 4.63. The first kappa shape index (κ1) is 15.0. The van der Waals surface area contributed by atoms with Crippen LogP contribution in [0.5, 0.6) is 0 Å². The van der Waals surface area contributed by atoms with Crippen LogP contribution in [-0.2, 0) is 4.79 Å². The molecule has 0 spiro atoms. The van der Waals surface area contributed by atoms with Crippen LogP contribution in [0.25, 0.3) is 0 Å². The number of halogens is 1. The van der Waals surface area contributed by atoms with Crippen molar-refractivity contribution in [1.29, 1.82) is 0 Å². The summed E-state index contributed by atoms with van der Waals surface area (Å²) in [7, 11) is 1.92. The van der Waals surface area contributed by atoms with Gasteiger partial charge in [-0.1, -0.05) is 25.0 Å². The average Bonchev–Trinajstić information content (AvgIpc) is 2.91. The van der Waals surface area contributed by atoms with Crippen LogP contribution in [0.15, 0.2) is 24.3 Å². The summed E-state index contributed by atoms with van der Waals surface area (Å²) in [6.45, 7) is 2.39. The molecule has 1 aromatic rings. The Hall–Kier alpha value is -1.42. The number of nitrogens with one attached hydrogen (secondary N) is 1. The van der Waals surface area contributed by atoms with E-state index in [2.05, 4.69) is 5.32 Å². The first-order chi connectivity index (χ1) is 9.56. The fraction of sp³-hybridized carbons (Fsp3) is 0.562. The summed E-state index contributed by atoms with van der Waals surface area (Å²) in [5.41, 5.74) is 1.02. The van der Waals surface area contributed by atoms with Crippen molar-refractivity contribution in [1.82, 2.24) is 10.2 Å². The van der Waals surface area contributed by atoms with Gasteiger partial charge in [-0.05, 0) is 44.5 Å². The SMILES string of the molecule is CC(c1ccc(F)cc1)N(C)CC(=O)NC1CCCC1. The second-order valence-corrected chi connectivity index (χ2v) is 5.69. The summed E-state index contributed by atoms with van der Waals surface area (Å²) in [6, 6.07) is 6.90. The molecular weight excluding hydrogens is 255 g/mol. The highest BCUT2D eigenvalue weighted by atomic mass is 19.1. The van der Waals surface area contributed by atoms with Gasteiger partial charge in [0.1, 0.15) is 5.82 Å². The van der Waals surface area contributed by atoms with E-state index < -0.39 is 0 Å². The summed E-state index contributed by atoms with van der Waals surface area (Å²) in [4.78, 5) is 14.0. The molecule has 0 aromatic heterocycles. The zero-order valence-electron chi connectivity index (χ0n) is 12.2. The standard InChI is InChI=1S/C16H23FN2O/c1-12(13-7-9-14(17)10-8-13)19(2)11-16(20)18-15-5-3-4-6-15/h7-10,12,15H,3-6,11H2,1-2H3,(H,18,20). The summed E-state index contributed by atoms with van der Waals surface area (Å²) < 4.78 is 12.9. The first-order valence-electron chi connectivity index (χ1n) is 7.31. The van der Waals surface area contributed by atoms with E-state index in [0.29, 0.717) is 12.6 Å². The Labute approximate surface area is 120 Å². The quantitative estimate of drug-likeness (QED) is 0.898. The Morgan fingerprint density at radius 2 is 1.95 bits per heavy atom. The van der Waals surface area contributed by atoms with Gasteiger partial charge < -0.3 is 5.32 Å². The van der Waals surface area contributed by atoms with Gasteiger partial charge in [0, 0.05) is 12.1 Å². The van der Waals surface area contributed by atoms with Gasteiger partial charge in [-0.3, -0.25) is 9.69 Å². The lowest BCUT2D eigenvalue weighted by Crippen LogP contribution is -2.40. The van der Waals surface area contributed by atoms with Gasteiger partial charge in [-0.2, -0.15) is 0 Å². The van der Waals surface area contributed by atoms with Crippen molar-refractivity contribution in [2.45, 2.75) is 44.7 Å². The zero-order valence-corrected chi connectivity index (χ0v) is 12.2. The largest absolute Gasteiger partial charge is 0.352 e. The minimum absolute atomic E-state index is 0.0772. The van der Waals surface area contributed by atoms with Gasteiger partial charge in [-0.25, -0.2) is 4.39 Å². The first-order valence-corrected chi connectivity index (χ1v) is 7.31. The molecule has 1 atom stereocenters.